The molecular formula is C50H78N2O8Pt. The molecule has 10 nitrogen and oxygen atoms in total. The minimum Gasteiger partial charge on any atom is -0.693 e. The fraction of sp³-hybridized carbons (Fsp3) is 0.520. The second-order valence-corrected chi connectivity index (χ2v) is 16.0. The fourth-order valence-corrected chi connectivity index (χ4v) is 8.00. The van der Waals surface area contributed by atoms with Crippen molar-refractivity contribution in [3.63, 3.8) is 0 Å². The van der Waals surface area contributed by atoms with Crippen molar-refractivity contribution in [1.29, 1.82) is 0 Å². The van der Waals surface area contributed by atoms with Gasteiger partial charge in [0.2, 0.25) is 0 Å². The molecule has 0 aliphatic heterocycles. The zero-order chi connectivity index (χ0) is 41.4. The standard InChI is InChI=1S/2C24H34O4.2CH3.2H2N.Pt/c2*1-5-6-7-8-18-14-21(25)24(22(15-18)28-12-11-23(26)27)20-13-17(4)9-10-19(20)16(2)3;;;;;/h2*13-15,19-20,25H,2,5-12H2,1,3-4H3,(H,26,27);2*1H3;2*1H2;/q;;4*-1;+4. The van der Waals surface area contributed by atoms with Crippen LogP contribution in [0, 0.1) is 26.7 Å². The molecule has 346 valence electrons. The third-order valence-corrected chi connectivity index (χ3v) is 11.1. The third-order valence-electron chi connectivity index (χ3n) is 11.1. The molecular weight excluding hydrogens is 952 g/mol. The maximum Gasteiger partial charge on any atom is 4.00 e. The molecule has 4 atom stereocenters. The number of carbonyl (C=O) groups is 2. The van der Waals surface area contributed by atoms with Crippen LogP contribution in [-0.4, -0.2) is 45.6 Å². The van der Waals surface area contributed by atoms with Crippen LogP contribution in [0.2, 0.25) is 0 Å². The number of phenols is 2. The molecule has 0 saturated carbocycles. The Hall–Kier alpha value is -3.85. The molecule has 0 fully saturated rings. The number of allylic oxidation sites excluding steroid dienone is 6. The van der Waals surface area contributed by atoms with Gasteiger partial charge in [0, 0.05) is 23.0 Å². The summed E-state index contributed by atoms with van der Waals surface area (Å²) in [4.78, 5) is 21.8. The van der Waals surface area contributed by atoms with Crippen molar-refractivity contribution in [2.24, 2.45) is 11.8 Å². The van der Waals surface area contributed by atoms with Gasteiger partial charge in [-0.3, -0.25) is 9.59 Å². The first kappa shape index (κ1) is 61.4. The number of carboxylic acid groups (broad SMARTS) is 2. The molecule has 4 unspecified atom stereocenters. The summed E-state index contributed by atoms with van der Waals surface area (Å²) in [6.07, 6.45) is 16.7. The van der Waals surface area contributed by atoms with Gasteiger partial charge in [-0.1, -0.05) is 87.1 Å². The Kier molecular flexibility index (Phi) is 31.3. The molecule has 0 bridgehead atoms. The number of phenolic OH excluding ortho intramolecular Hbond substituents is 2. The van der Waals surface area contributed by atoms with E-state index in [-0.39, 0.29) is 109 Å². The average Bonchev–Trinajstić information content (AvgIpc) is 3.11. The maximum atomic E-state index is 10.9. The van der Waals surface area contributed by atoms with Crippen LogP contribution in [0.4, 0.5) is 0 Å². The second kappa shape index (κ2) is 31.1. The normalized spacial score (nSPS) is 17.6. The van der Waals surface area contributed by atoms with Crippen molar-refractivity contribution < 1.29 is 60.6 Å². The summed E-state index contributed by atoms with van der Waals surface area (Å²) in [6.45, 7) is 21.1. The van der Waals surface area contributed by atoms with Gasteiger partial charge in [-0.05, 0) is 126 Å². The number of ether oxygens (including phenoxy) is 2. The summed E-state index contributed by atoms with van der Waals surface area (Å²) in [5, 5.41) is 39.8. The van der Waals surface area contributed by atoms with E-state index in [0.717, 1.165) is 110 Å². The summed E-state index contributed by atoms with van der Waals surface area (Å²) in [5.74, 6) is 0.375. The number of rotatable bonds is 20. The first-order valence-electron chi connectivity index (χ1n) is 20.7. The Morgan fingerprint density at radius 1 is 0.656 bits per heavy atom. The van der Waals surface area contributed by atoms with E-state index in [1.807, 2.05) is 38.1 Å². The zero-order valence-electron chi connectivity index (χ0n) is 38.4. The van der Waals surface area contributed by atoms with Gasteiger partial charge < -0.3 is 57.1 Å². The van der Waals surface area contributed by atoms with Crippen molar-refractivity contribution in [1.82, 2.24) is 0 Å². The molecule has 2 aliphatic carbocycles. The van der Waals surface area contributed by atoms with Crippen LogP contribution in [0.1, 0.15) is 153 Å². The number of aromatic hydroxyl groups is 2. The van der Waals surface area contributed by atoms with Crippen molar-refractivity contribution in [3.8, 4) is 23.0 Å². The van der Waals surface area contributed by atoms with Crippen LogP contribution in [0.3, 0.4) is 0 Å². The quantitative estimate of drug-likeness (QED) is 0.0570. The molecule has 8 N–H and O–H groups in total. The van der Waals surface area contributed by atoms with E-state index in [9.17, 15) is 19.8 Å². The molecule has 2 aromatic carbocycles. The van der Waals surface area contributed by atoms with Gasteiger partial charge in [0.15, 0.2) is 0 Å². The van der Waals surface area contributed by atoms with Crippen LogP contribution in [0.15, 0.2) is 71.9 Å². The van der Waals surface area contributed by atoms with Crippen molar-refractivity contribution in [2.45, 2.75) is 143 Å². The summed E-state index contributed by atoms with van der Waals surface area (Å²) in [7, 11) is 0. The van der Waals surface area contributed by atoms with Crippen LogP contribution in [0.25, 0.3) is 12.3 Å². The van der Waals surface area contributed by atoms with E-state index < -0.39 is 11.9 Å². The van der Waals surface area contributed by atoms with E-state index in [4.69, 9.17) is 19.7 Å². The molecule has 0 aromatic heterocycles. The third kappa shape index (κ3) is 19.4. The van der Waals surface area contributed by atoms with Gasteiger partial charge in [-0.2, -0.15) is 0 Å². The van der Waals surface area contributed by atoms with Gasteiger partial charge in [-0.15, -0.1) is 0 Å². The van der Waals surface area contributed by atoms with Crippen molar-refractivity contribution in [3.05, 3.63) is 121 Å². The monoisotopic (exact) mass is 1030 g/mol. The van der Waals surface area contributed by atoms with Gasteiger partial charge in [-0.25, -0.2) is 0 Å². The average molecular weight is 1030 g/mol. The Bertz CT molecular complexity index is 1610. The molecule has 0 amide bonds. The predicted molar refractivity (Wildman–Crippen MR) is 250 cm³/mol. The second-order valence-electron chi connectivity index (χ2n) is 16.0. The molecule has 11 heteroatoms. The summed E-state index contributed by atoms with van der Waals surface area (Å²) in [5.41, 5.74) is 8.37. The molecule has 0 saturated heterocycles. The van der Waals surface area contributed by atoms with Crippen LogP contribution in [0.5, 0.6) is 23.0 Å². The number of nitrogens with two attached hydrogens (primary N) is 2. The molecule has 2 aliphatic rings. The summed E-state index contributed by atoms with van der Waals surface area (Å²) >= 11 is 0. The molecule has 2 aromatic rings. The molecule has 0 heterocycles. The summed E-state index contributed by atoms with van der Waals surface area (Å²) in [6, 6.07) is 7.67. The van der Waals surface area contributed by atoms with E-state index in [2.05, 4.69) is 53.0 Å². The SMILES string of the molecule is C=C(C)C1CCC(C)=CC1c1c(O)cc(CCCCC)cc1OCCC(=O)O.C=C(C)C1CCC(C)=CC1c1c(O)cc(CCCCC)cc1OCCC(=O)O.[CH3-].[CH3-].[NH2-].[NH2-].[Pt+4]. The first-order chi connectivity index (χ1) is 26.7. The largest absolute Gasteiger partial charge is 4.00 e. The number of hydrogen-bond donors (Lipinski definition) is 4. The maximum absolute atomic E-state index is 10.9. The number of aryl methyl sites for hydroxylation is 2. The predicted octanol–water partition coefficient (Wildman–Crippen LogP) is 14.3. The van der Waals surface area contributed by atoms with E-state index in [1.165, 1.54) is 11.1 Å². The number of benzene rings is 2. The minimum atomic E-state index is -0.891. The first-order valence-corrected chi connectivity index (χ1v) is 20.7. The van der Waals surface area contributed by atoms with E-state index >= 15 is 0 Å². The number of aliphatic carboxylic acids is 2. The van der Waals surface area contributed by atoms with Crippen LogP contribution < -0.4 is 9.47 Å². The van der Waals surface area contributed by atoms with Gasteiger partial charge in [0.05, 0.1) is 26.1 Å². The van der Waals surface area contributed by atoms with Gasteiger partial charge in [0.25, 0.3) is 0 Å². The number of hydrogen-bond acceptors (Lipinski definition) is 6. The number of carboxylic acids is 2. The Labute approximate surface area is 383 Å². The molecule has 61 heavy (non-hydrogen) atoms. The molecule has 0 spiro atoms. The molecule has 0 radical (unpaired) electrons. The van der Waals surface area contributed by atoms with Crippen LogP contribution in [-0.2, 0) is 43.5 Å². The Morgan fingerprint density at radius 2 is 1.00 bits per heavy atom. The van der Waals surface area contributed by atoms with E-state index in [1.54, 1.807) is 0 Å². The number of unbranched alkanes of at least 4 members (excludes halogenated alkanes) is 4. The fourth-order valence-electron chi connectivity index (χ4n) is 8.00. The van der Waals surface area contributed by atoms with Crippen LogP contribution >= 0.6 is 0 Å². The Morgan fingerprint density at radius 3 is 1.30 bits per heavy atom. The Balaban J connectivity index is -0.00000102. The van der Waals surface area contributed by atoms with E-state index in [0.29, 0.717) is 11.5 Å². The van der Waals surface area contributed by atoms with Crippen molar-refractivity contribution in [2.75, 3.05) is 13.2 Å². The minimum absolute atomic E-state index is 0. The smallest absolute Gasteiger partial charge is 0.693 e. The van der Waals surface area contributed by atoms with Gasteiger partial charge >= 0.3 is 33.0 Å². The summed E-state index contributed by atoms with van der Waals surface area (Å²) < 4.78 is 11.8. The zero-order valence-corrected chi connectivity index (χ0v) is 40.7. The van der Waals surface area contributed by atoms with Gasteiger partial charge in [0.1, 0.15) is 23.0 Å². The topological polar surface area (TPSA) is 201 Å². The van der Waals surface area contributed by atoms with Crippen molar-refractivity contribution >= 4 is 11.9 Å². The molecule has 4 rings (SSSR count).